The van der Waals surface area contributed by atoms with Crippen LogP contribution in [0.4, 0.5) is 5.82 Å². The standard InChI is InChI=1S/C14H12BrN3.C5H9NO/c15-11-3-4-13-12(8-11)10(9-16)7-14(17-13)18-5-1-2-6-18;7-5-6-3-1-2-4-6/h3-4,7-8H,1-2,5-6H2;5H,1-4H2. The molecule has 0 radical (unpaired) electrons. The van der Waals surface area contributed by atoms with Crippen molar-refractivity contribution in [1.82, 2.24) is 9.88 Å². The molecule has 2 aliphatic heterocycles. The summed E-state index contributed by atoms with van der Waals surface area (Å²) in [5, 5.41) is 10.2. The van der Waals surface area contributed by atoms with Gasteiger partial charge in [0.25, 0.3) is 0 Å². The largest absolute Gasteiger partial charge is 0.357 e. The number of nitrogens with zero attached hydrogens (tertiary/aromatic N) is 4. The lowest BCUT2D eigenvalue weighted by Crippen LogP contribution is -2.19. The second kappa shape index (κ2) is 8.30. The normalized spacial score (nSPS) is 16.5. The summed E-state index contributed by atoms with van der Waals surface area (Å²) in [6.45, 7) is 4.03. The lowest BCUT2D eigenvalue weighted by Gasteiger charge is -2.17. The minimum Gasteiger partial charge on any atom is -0.357 e. The van der Waals surface area contributed by atoms with Gasteiger partial charge in [0.1, 0.15) is 5.82 Å². The van der Waals surface area contributed by atoms with Gasteiger partial charge in [-0.1, -0.05) is 15.9 Å². The summed E-state index contributed by atoms with van der Waals surface area (Å²) in [6, 6.07) is 10.1. The van der Waals surface area contributed by atoms with E-state index in [9.17, 15) is 10.1 Å². The molecule has 1 aromatic carbocycles. The first kappa shape index (κ1) is 17.7. The molecule has 3 heterocycles. The fraction of sp³-hybridized carbons (Fsp3) is 0.421. The Hall–Kier alpha value is -2.13. The molecule has 2 saturated heterocycles. The Bertz CT molecular complexity index is 790. The third-order valence-electron chi connectivity index (χ3n) is 4.60. The molecule has 0 bridgehead atoms. The molecule has 5 nitrogen and oxygen atoms in total. The van der Waals surface area contributed by atoms with Crippen LogP contribution < -0.4 is 4.90 Å². The molecule has 0 N–H and O–H groups in total. The highest BCUT2D eigenvalue weighted by atomic mass is 79.9. The fourth-order valence-electron chi connectivity index (χ4n) is 3.23. The first-order chi connectivity index (χ1) is 12.2. The quantitative estimate of drug-likeness (QED) is 0.720. The first-order valence-corrected chi connectivity index (χ1v) is 9.45. The number of nitriles is 1. The Morgan fingerprint density at radius 3 is 2.36 bits per heavy atom. The molecular weight excluding hydrogens is 380 g/mol. The molecule has 0 spiro atoms. The van der Waals surface area contributed by atoms with Crippen LogP contribution in [0.25, 0.3) is 10.9 Å². The van der Waals surface area contributed by atoms with Crippen molar-refractivity contribution >= 4 is 39.1 Å². The van der Waals surface area contributed by atoms with Crippen LogP contribution in [0.1, 0.15) is 31.2 Å². The van der Waals surface area contributed by atoms with E-state index in [1.807, 2.05) is 24.3 Å². The number of hydrogen-bond acceptors (Lipinski definition) is 4. The van der Waals surface area contributed by atoms with E-state index < -0.39 is 0 Å². The highest BCUT2D eigenvalue weighted by Gasteiger charge is 2.15. The molecule has 0 saturated carbocycles. The maximum absolute atomic E-state index is 9.93. The second-order valence-corrected chi connectivity index (χ2v) is 7.26. The van der Waals surface area contributed by atoms with Crippen molar-refractivity contribution in [2.24, 2.45) is 0 Å². The highest BCUT2D eigenvalue weighted by Crippen LogP contribution is 2.27. The number of anilines is 1. The predicted octanol–water partition coefficient (Wildman–Crippen LogP) is 3.71. The van der Waals surface area contributed by atoms with Gasteiger partial charge in [0.15, 0.2) is 0 Å². The van der Waals surface area contributed by atoms with Crippen molar-refractivity contribution in [3.63, 3.8) is 0 Å². The Balaban J connectivity index is 0.000000219. The maximum atomic E-state index is 9.93. The van der Waals surface area contributed by atoms with Crippen molar-refractivity contribution < 1.29 is 4.79 Å². The Morgan fingerprint density at radius 2 is 1.76 bits per heavy atom. The Kier molecular flexibility index (Phi) is 5.87. The number of amides is 1. The van der Waals surface area contributed by atoms with Crippen LogP contribution in [0, 0.1) is 11.3 Å². The topological polar surface area (TPSA) is 60.2 Å². The number of carbonyl (C=O) groups excluding carboxylic acids is 1. The fourth-order valence-corrected chi connectivity index (χ4v) is 3.59. The average Bonchev–Trinajstić information content (AvgIpc) is 3.34. The van der Waals surface area contributed by atoms with Gasteiger partial charge in [-0.25, -0.2) is 4.98 Å². The number of carbonyl (C=O) groups is 1. The van der Waals surface area contributed by atoms with Crippen LogP contribution in [0.15, 0.2) is 28.7 Å². The summed E-state index contributed by atoms with van der Waals surface area (Å²) in [6.07, 6.45) is 5.73. The van der Waals surface area contributed by atoms with E-state index in [0.29, 0.717) is 5.56 Å². The molecule has 1 amide bonds. The number of fused-ring (bicyclic) bond motifs is 1. The molecule has 25 heavy (non-hydrogen) atoms. The minimum atomic E-state index is 0.697. The number of halogens is 1. The van der Waals surface area contributed by atoms with Gasteiger partial charge >= 0.3 is 0 Å². The lowest BCUT2D eigenvalue weighted by atomic mass is 10.1. The second-order valence-electron chi connectivity index (χ2n) is 6.34. The van der Waals surface area contributed by atoms with Gasteiger partial charge < -0.3 is 9.80 Å². The van der Waals surface area contributed by atoms with Gasteiger partial charge in [0.2, 0.25) is 6.41 Å². The van der Waals surface area contributed by atoms with Crippen LogP contribution in [0.2, 0.25) is 0 Å². The first-order valence-electron chi connectivity index (χ1n) is 8.66. The van der Waals surface area contributed by atoms with E-state index in [1.54, 1.807) is 4.90 Å². The van der Waals surface area contributed by atoms with E-state index in [1.165, 1.54) is 25.7 Å². The summed E-state index contributed by atoms with van der Waals surface area (Å²) < 4.78 is 0.974. The third-order valence-corrected chi connectivity index (χ3v) is 5.09. The summed E-state index contributed by atoms with van der Waals surface area (Å²) in [5.74, 6) is 0.930. The number of likely N-dealkylation sites (tertiary alicyclic amines) is 1. The van der Waals surface area contributed by atoms with Crippen molar-refractivity contribution in [2.75, 3.05) is 31.1 Å². The molecule has 2 fully saturated rings. The van der Waals surface area contributed by atoms with E-state index >= 15 is 0 Å². The van der Waals surface area contributed by atoms with Gasteiger partial charge in [0, 0.05) is 36.0 Å². The van der Waals surface area contributed by atoms with Crippen molar-refractivity contribution in [3.8, 4) is 6.07 Å². The number of hydrogen-bond donors (Lipinski definition) is 0. The van der Waals surface area contributed by atoms with Crippen LogP contribution in [-0.2, 0) is 4.79 Å². The zero-order chi connectivity index (χ0) is 17.6. The summed E-state index contributed by atoms with van der Waals surface area (Å²) in [4.78, 5) is 18.7. The lowest BCUT2D eigenvalue weighted by molar-refractivity contribution is -0.117. The number of rotatable bonds is 2. The Morgan fingerprint density at radius 1 is 1.08 bits per heavy atom. The molecule has 2 aliphatic rings. The molecule has 0 atom stereocenters. The zero-order valence-corrected chi connectivity index (χ0v) is 15.7. The van der Waals surface area contributed by atoms with Crippen molar-refractivity contribution in [1.29, 1.82) is 5.26 Å². The van der Waals surface area contributed by atoms with E-state index in [-0.39, 0.29) is 0 Å². The third kappa shape index (κ3) is 4.29. The molecule has 2 aromatic rings. The van der Waals surface area contributed by atoms with E-state index in [2.05, 4.69) is 31.9 Å². The van der Waals surface area contributed by atoms with Crippen LogP contribution in [0.3, 0.4) is 0 Å². The number of aromatic nitrogens is 1. The van der Waals surface area contributed by atoms with Gasteiger partial charge in [-0.15, -0.1) is 0 Å². The molecule has 4 rings (SSSR count). The molecular formula is C19H21BrN4O. The SMILES string of the molecule is N#Cc1cc(N2CCCC2)nc2ccc(Br)cc12.O=CN1CCCC1. The van der Waals surface area contributed by atoms with E-state index in [0.717, 1.165) is 53.8 Å². The summed E-state index contributed by atoms with van der Waals surface area (Å²) in [7, 11) is 0. The van der Waals surface area contributed by atoms with Crippen molar-refractivity contribution in [3.05, 3.63) is 34.3 Å². The average molecular weight is 401 g/mol. The molecule has 0 unspecified atom stereocenters. The highest BCUT2D eigenvalue weighted by molar-refractivity contribution is 9.10. The molecule has 130 valence electrons. The number of pyridine rings is 1. The maximum Gasteiger partial charge on any atom is 0.209 e. The smallest absolute Gasteiger partial charge is 0.209 e. The zero-order valence-electron chi connectivity index (χ0n) is 14.1. The van der Waals surface area contributed by atoms with Crippen LogP contribution >= 0.6 is 15.9 Å². The summed E-state index contributed by atoms with van der Waals surface area (Å²) >= 11 is 3.43. The van der Waals surface area contributed by atoms with Gasteiger partial charge in [-0.05, 0) is 49.9 Å². The van der Waals surface area contributed by atoms with E-state index in [4.69, 9.17) is 0 Å². The Labute approximate surface area is 156 Å². The minimum absolute atomic E-state index is 0.697. The molecule has 6 heteroatoms. The monoisotopic (exact) mass is 400 g/mol. The van der Waals surface area contributed by atoms with Gasteiger partial charge in [-0.3, -0.25) is 4.79 Å². The molecule has 1 aromatic heterocycles. The van der Waals surface area contributed by atoms with Crippen LogP contribution in [-0.4, -0.2) is 42.5 Å². The summed E-state index contributed by atoms with van der Waals surface area (Å²) in [5.41, 5.74) is 1.59. The van der Waals surface area contributed by atoms with Gasteiger partial charge in [0.05, 0.1) is 17.1 Å². The van der Waals surface area contributed by atoms with Crippen LogP contribution in [0.5, 0.6) is 0 Å². The van der Waals surface area contributed by atoms with Crippen molar-refractivity contribution in [2.45, 2.75) is 25.7 Å². The van der Waals surface area contributed by atoms with Gasteiger partial charge in [-0.2, -0.15) is 5.26 Å². The predicted molar refractivity (Wildman–Crippen MR) is 102 cm³/mol. The number of benzene rings is 1. The molecule has 0 aliphatic carbocycles.